The molecule has 0 spiro atoms. The number of ketones is 1. The van der Waals surface area contributed by atoms with Crippen molar-refractivity contribution in [2.45, 2.75) is 39.5 Å². The molecule has 0 aliphatic heterocycles. The van der Waals surface area contributed by atoms with E-state index in [4.69, 9.17) is 0 Å². The molecular formula is C18H26BrNO3S2. The molecule has 0 unspecified atom stereocenters. The Hall–Kier alpha value is -1.02. The zero-order chi connectivity index (χ0) is 19.1. The van der Waals surface area contributed by atoms with Crippen LogP contribution in [0.3, 0.4) is 0 Å². The summed E-state index contributed by atoms with van der Waals surface area (Å²) in [4.78, 5) is 26.5. The maximum absolute atomic E-state index is 11.1. The molecule has 2 aromatic rings. The number of carbonyl (C=O) groups excluding carboxylic acids is 2. The number of hydrogen-bond donors (Lipinski definition) is 0. The van der Waals surface area contributed by atoms with Crippen molar-refractivity contribution in [1.29, 1.82) is 0 Å². The molecule has 0 fully saturated rings. The van der Waals surface area contributed by atoms with Gasteiger partial charge in [-0.3, -0.25) is 14.4 Å². The van der Waals surface area contributed by atoms with Crippen LogP contribution in [0.4, 0.5) is 0 Å². The summed E-state index contributed by atoms with van der Waals surface area (Å²) in [6.45, 7) is 3.98. The van der Waals surface area contributed by atoms with Gasteiger partial charge in [0.15, 0.2) is 5.78 Å². The first-order valence-electron chi connectivity index (χ1n) is 7.99. The molecule has 0 aliphatic carbocycles. The smallest absolute Gasteiger partial charge is 0.245 e. The lowest BCUT2D eigenvalue weighted by Crippen LogP contribution is -2.24. The van der Waals surface area contributed by atoms with Crippen LogP contribution >= 0.6 is 38.6 Å². The molecule has 7 heteroatoms. The van der Waals surface area contributed by atoms with Crippen LogP contribution in [-0.2, 0) is 9.63 Å². The maximum Gasteiger partial charge on any atom is 0.245 e. The van der Waals surface area contributed by atoms with Crippen molar-refractivity contribution in [2.24, 2.45) is 0 Å². The first kappa shape index (κ1) is 24.0. The summed E-state index contributed by atoms with van der Waals surface area (Å²) < 4.78 is 1.17. The minimum Gasteiger partial charge on any atom is -0.294 e. The van der Waals surface area contributed by atoms with Crippen LogP contribution in [0, 0.1) is 0 Å². The first-order chi connectivity index (χ1) is 12.0. The molecule has 0 N–H and O–H groups in total. The highest BCUT2D eigenvalue weighted by Crippen LogP contribution is 2.11. The molecule has 0 aliphatic rings. The van der Waals surface area contributed by atoms with Crippen molar-refractivity contribution in [3.8, 4) is 0 Å². The van der Waals surface area contributed by atoms with Crippen molar-refractivity contribution in [2.75, 3.05) is 14.2 Å². The highest BCUT2D eigenvalue weighted by atomic mass is 79.9. The largest absolute Gasteiger partial charge is 0.294 e. The number of nitrogens with zero attached hydrogens (tertiary/aromatic N) is 1. The fourth-order valence-corrected chi connectivity index (χ4v) is 3.32. The lowest BCUT2D eigenvalue weighted by molar-refractivity contribution is -0.168. The number of Topliss-reactive ketones (excluding diaryl/α,β-unsaturated/α-hetero) is 1. The Morgan fingerprint density at radius 1 is 1.08 bits per heavy atom. The SMILES string of the molecule is Brc1ccsc1.CCCC(=O)N(C)OC.CCCC(=O)c1ccsc1. The van der Waals surface area contributed by atoms with Gasteiger partial charge in [0, 0.05) is 40.7 Å². The van der Waals surface area contributed by atoms with Crippen molar-refractivity contribution in [3.05, 3.63) is 43.7 Å². The van der Waals surface area contributed by atoms with Gasteiger partial charge in [0.2, 0.25) is 5.91 Å². The van der Waals surface area contributed by atoms with Gasteiger partial charge in [-0.25, -0.2) is 5.06 Å². The topological polar surface area (TPSA) is 46.6 Å². The van der Waals surface area contributed by atoms with Gasteiger partial charge >= 0.3 is 0 Å². The Balaban J connectivity index is 0.000000356. The predicted octanol–water partition coefficient (Wildman–Crippen LogP) is 6.05. The number of halogens is 1. The van der Waals surface area contributed by atoms with Crippen molar-refractivity contribution >= 4 is 50.3 Å². The third-order valence-corrected chi connectivity index (χ3v) is 5.06. The third kappa shape index (κ3) is 12.0. The fourth-order valence-electron chi connectivity index (χ4n) is 1.52. The molecule has 140 valence electrons. The van der Waals surface area contributed by atoms with Crippen LogP contribution in [0.1, 0.15) is 49.9 Å². The van der Waals surface area contributed by atoms with Crippen molar-refractivity contribution in [3.63, 3.8) is 0 Å². The van der Waals surface area contributed by atoms with E-state index in [2.05, 4.69) is 20.8 Å². The number of amides is 1. The van der Waals surface area contributed by atoms with Crippen LogP contribution in [0.5, 0.6) is 0 Å². The summed E-state index contributed by atoms with van der Waals surface area (Å²) >= 11 is 6.56. The summed E-state index contributed by atoms with van der Waals surface area (Å²) in [7, 11) is 3.09. The van der Waals surface area contributed by atoms with E-state index in [0.29, 0.717) is 12.8 Å². The third-order valence-electron chi connectivity index (χ3n) is 2.90. The van der Waals surface area contributed by atoms with E-state index in [-0.39, 0.29) is 11.7 Å². The number of hydroxylamine groups is 2. The molecule has 0 atom stereocenters. The zero-order valence-corrected chi connectivity index (χ0v) is 18.4. The summed E-state index contributed by atoms with van der Waals surface area (Å²) in [5, 5.41) is 9.15. The number of rotatable bonds is 6. The molecule has 0 bridgehead atoms. The quantitative estimate of drug-likeness (QED) is 0.399. The van der Waals surface area contributed by atoms with E-state index >= 15 is 0 Å². The average molecular weight is 448 g/mol. The Kier molecular flexibility index (Phi) is 14.6. The average Bonchev–Trinajstić information content (AvgIpc) is 3.29. The van der Waals surface area contributed by atoms with Crippen LogP contribution in [0.25, 0.3) is 0 Å². The zero-order valence-electron chi connectivity index (χ0n) is 15.2. The highest BCUT2D eigenvalue weighted by Gasteiger charge is 2.04. The van der Waals surface area contributed by atoms with Gasteiger partial charge in [-0.1, -0.05) is 13.8 Å². The van der Waals surface area contributed by atoms with Gasteiger partial charge in [0.25, 0.3) is 0 Å². The summed E-state index contributed by atoms with van der Waals surface area (Å²) in [6, 6.07) is 3.90. The van der Waals surface area contributed by atoms with E-state index < -0.39 is 0 Å². The summed E-state index contributed by atoms with van der Waals surface area (Å²) in [5.41, 5.74) is 0.867. The number of carbonyl (C=O) groups is 2. The number of hydrogen-bond acceptors (Lipinski definition) is 5. The molecular weight excluding hydrogens is 422 g/mol. The molecule has 0 saturated heterocycles. The van der Waals surface area contributed by atoms with Crippen LogP contribution in [0.2, 0.25) is 0 Å². The van der Waals surface area contributed by atoms with Crippen LogP contribution in [0.15, 0.2) is 38.1 Å². The molecule has 1 amide bonds. The van der Waals surface area contributed by atoms with Crippen molar-refractivity contribution in [1.82, 2.24) is 5.06 Å². The number of thiophene rings is 2. The van der Waals surface area contributed by atoms with Crippen LogP contribution < -0.4 is 0 Å². The van der Waals surface area contributed by atoms with Gasteiger partial charge in [0.05, 0.1) is 7.11 Å². The molecule has 0 saturated carbocycles. The standard InChI is InChI=1S/C8H10OS.C6H13NO2.C4H3BrS/c1-2-3-8(9)7-4-5-10-6-7;1-4-5-6(8)7(2)9-3;5-4-1-2-6-3-4/h4-6H,2-3H2,1H3;4-5H2,1-3H3;1-3H. The van der Waals surface area contributed by atoms with E-state index in [1.54, 1.807) is 29.7 Å². The Labute approximate surface area is 166 Å². The lowest BCUT2D eigenvalue weighted by atomic mass is 10.1. The summed E-state index contributed by atoms with van der Waals surface area (Å²) in [6.07, 6.45) is 3.04. The minimum atomic E-state index is 0.0278. The van der Waals surface area contributed by atoms with Gasteiger partial charge in [-0.15, -0.1) is 0 Å². The summed E-state index contributed by atoms with van der Waals surface area (Å²) in [5.74, 6) is 0.295. The normalized spacial score (nSPS) is 9.32. The molecule has 0 radical (unpaired) electrons. The predicted molar refractivity (Wildman–Crippen MR) is 110 cm³/mol. The molecule has 2 heterocycles. The van der Waals surface area contributed by atoms with Crippen LogP contribution in [-0.4, -0.2) is 30.9 Å². The fraction of sp³-hybridized carbons (Fsp3) is 0.444. The first-order valence-corrected chi connectivity index (χ1v) is 10.7. The molecule has 2 rings (SSSR count). The molecule has 2 aromatic heterocycles. The van der Waals surface area contributed by atoms with Gasteiger partial charge in [0.1, 0.15) is 0 Å². The van der Waals surface area contributed by atoms with E-state index in [9.17, 15) is 9.59 Å². The second-order valence-corrected chi connectivity index (χ2v) is 7.43. The highest BCUT2D eigenvalue weighted by molar-refractivity contribution is 9.10. The Morgan fingerprint density at radius 3 is 2.04 bits per heavy atom. The maximum atomic E-state index is 11.1. The Morgan fingerprint density at radius 2 is 1.68 bits per heavy atom. The van der Waals surface area contributed by atoms with Gasteiger partial charge in [-0.05, 0) is 51.7 Å². The van der Waals surface area contributed by atoms with Gasteiger partial charge < -0.3 is 0 Å². The lowest BCUT2D eigenvalue weighted by Gasteiger charge is -2.11. The van der Waals surface area contributed by atoms with E-state index in [1.807, 2.05) is 47.5 Å². The van der Waals surface area contributed by atoms with Gasteiger partial charge in [-0.2, -0.15) is 22.7 Å². The second kappa shape index (κ2) is 15.3. The monoisotopic (exact) mass is 447 g/mol. The molecule has 25 heavy (non-hydrogen) atoms. The van der Waals surface area contributed by atoms with Crippen molar-refractivity contribution < 1.29 is 14.4 Å². The molecule has 4 nitrogen and oxygen atoms in total. The second-order valence-electron chi connectivity index (χ2n) is 4.95. The van der Waals surface area contributed by atoms with E-state index in [0.717, 1.165) is 18.4 Å². The molecule has 0 aromatic carbocycles. The van der Waals surface area contributed by atoms with E-state index in [1.165, 1.54) is 16.6 Å². The minimum absolute atomic E-state index is 0.0278. The Bertz CT molecular complexity index is 571.